The fraction of sp³-hybridized carbons (Fsp3) is 0.471. The Morgan fingerprint density at radius 3 is 2.62 bits per heavy atom. The van der Waals surface area contributed by atoms with E-state index in [4.69, 9.17) is 0 Å². The normalized spacial score (nSPS) is 23.7. The van der Waals surface area contributed by atoms with Crippen molar-refractivity contribution < 1.29 is 9.72 Å². The molecule has 1 fully saturated rings. The van der Waals surface area contributed by atoms with Crippen molar-refractivity contribution in [2.45, 2.75) is 43.5 Å². The summed E-state index contributed by atoms with van der Waals surface area (Å²) in [6, 6.07) is 4.52. The van der Waals surface area contributed by atoms with E-state index in [1.165, 1.54) is 12.1 Å². The van der Waals surface area contributed by atoms with E-state index in [9.17, 15) is 14.9 Å². The van der Waals surface area contributed by atoms with Gasteiger partial charge in [0.2, 0.25) is 0 Å². The van der Waals surface area contributed by atoms with Crippen molar-refractivity contribution in [3.05, 3.63) is 46.5 Å². The number of rotatable bonds is 3. The molecule has 128 valence electrons. The fourth-order valence-corrected chi connectivity index (χ4v) is 5.79. The molecule has 1 amide bonds. The van der Waals surface area contributed by atoms with Crippen molar-refractivity contribution in [2.75, 3.05) is 11.4 Å². The van der Waals surface area contributed by atoms with E-state index < -0.39 is 9.79 Å². The first-order chi connectivity index (χ1) is 11.1. The third kappa shape index (κ3) is 2.30. The lowest BCUT2D eigenvalue weighted by atomic mass is 9.97. The molecule has 2 heterocycles. The number of non-ortho nitro benzene ring substituents is 1. The number of hydrogen-bond acceptors (Lipinski definition) is 5. The molecule has 0 spiro atoms. The molecule has 0 bridgehead atoms. The summed E-state index contributed by atoms with van der Waals surface area (Å²) in [7, 11) is 0. The maximum Gasteiger partial charge on any atom is 0.270 e. The van der Waals surface area contributed by atoms with Crippen LogP contribution >= 0.6 is 11.8 Å². The largest absolute Gasteiger partial charge is 0.345 e. The molecule has 1 atom stereocenters. The van der Waals surface area contributed by atoms with E-state index in [-0.39, 0.29) is 22.5 Å². The molecule has 7 heteroatoms. The second-order valence-electron chi connectivity index (χ2n) is 7.10. The SMILES string of the molecule is C=CCN1c2ccc([N+](=O)[O-])cc2C(=O)N2C1C(C)(C)SC2(C)C. The summed E-state index contributed by atoms with van der Waals surface area (Å²) in [6.45, 7) is 12.7. The predicted molar refractivity (Wildman–Crippen MR) is 96.3 cm³/mol. The average Bonchev–Trinajstić information content (AvgIpc) is 2.67. The number of anilines is 1. The van der Waals surface area contributed by atoms with Crippen LogP contribution in [-0.2, 0) is 0 Å². The lowest BCUT2D eigenvalue weighted by Gasteiger charge is -2.47. The highest BCUT2D eigenvalue weighted by Crippen LogP contribution is 2.55. The van der Waals surface area contributed by atoms with Crippen LogP contribution in [0.15, 0.2) is 30.9 Å². The van der Waals surface area contributed by atoms with Gasteiger partial charge in [0.15, 0.2) is 0 Å². The smallest absolute Gasteiger partial charge is 0.270 e. The molecule has 1 unspecified atom stereocenters. The second kappa shape index (κ2) is 5.24. The zero-order valence-corrected chi connectivity index (χ0v) is 15.1. The number of thioether (sulfide) groups is 1. The molecule has 1 aromatic rings. The quantitative estimate of drug-likeness (QED) is 0.474. The standard InChI is InChI=1S/C17H21N3O3S/c1-6-9-18-13-8-7-11(20(22)23)10-12(13)14(21)19-15(18)16(2,3)24-17(19,4)5/h6-8,10,15H,1,9H2,2-5H3. The summed E-state index contributed by atoms with van der Waals surface area (Å²) in [5.41, 5.74) is 1.05. The number of nitro groups is 1. The van der Waals surface area contributed by atoms with Gasteiger partial charge in [0.1, 0.15) is 6.17 Å². The van der Waals surface area contributed by atoms with E-state index in [1.54, 1.807) is 23.9 Å². The first-order valence-electron chi connectivity index (χ1n) is 7.80. The molecule has 0 radical (unpaired) electrons. The topological polar surface area (TPSA) is 66.7 Å². The number of nitrogens with zero attached hydrogens (tertiary/aromatic N) is 3. The molecule has 2 aliphatic heterocycles. The highest BCUT2D eigenvalue weighted by Gasteiger charge is 2.58. The van der Waals surface area contributed by atoms with Gasteiger partial charge < -0.3 is 9.80 Å². The van der Waals surface area contributed by atoms with Crippen molar-refractivity contribution >= 4 is 29.0 Å². The van der Waals surface area contributed by atoms with E-state index in [1.807, 2.05) is 18.7 Å². The minimum atomic E-state index is -0.467. The zero-order valence-electron chi connectivity index (χ0n) is 14.3. The summed E-state index contributed by atoms with van der Waals surface area (Å²) >= 11 is 1.74. The first-order valence-corrected chi connectivity index (χ1v) is 8.61. The summed E-state index contributed by atoms with van der Waals surface area (Å²) in [4.78, 5) is 27.4. The molecule has 0 aromatic heterocycles. The van der Waals surface area contributed by atoms with Crippen LogP contribution in [0, 0.1) is 10.1 Å². The van der Waals surface area contributed by atoms with Gasteiger partial charge in [-0.15, -0.1) is 18.3 Å². The van der Waals surface area contributed by atoms with Gasteiger partial charge in [-0.3, -0.25) is 14.9 Å². The van der Waals surface area contributed by atoms with Crippen molar-refractivity contribution in [3.63, 3.8) is 0 Å². The molecule has 1 aromatic carbocycles. The van der Waals surface area contributed by atoms with Crippen molar-refractivity contribution in [2.24, 2.45) is 0 Å². The lowest BCUT2D eigenvalue weighted by molar-refractivity contribution is -0.384. The van der Waals surface area contributed by atoms with Crippen molar-refractivity contribution in [1.82, 2.24) is 4.90 Å². The molecule has 0 aliphatic carbocycles. The zero-order chi connectivity index (χ0) is 17.9. The van der Waals surface area contributed by atoms with Crippen LogP contribution in [0.25, 0.3) is 0 Å². The summed E-state index contributed by atoms with van der Waals surface area (Å²) in [5.74, 6) is -0.151. The summed E-state index contributed by atoms with van der Waals surface area (Å²) in [5, 5.41) is 11.1. The Bertz CT molecular complexity index is 745. The Labute approximate surface area is 145 Å². The van der Waals surface area contributed by atoms with Gasteiger partial charge in [-0.1, -0.05) is 6.08 Å². The van der Waals surface area contributed by atoms with Gasteiger partial charge in [-0.25, -0.2) is 0 Å². The molecule has 3 rings (SSSR count). The molecule has 0 saturated carbocycles. The van der Waals surface area contributed by atoms with Crippen LogP contribution in [0.2, 0.25) is 0 Å². The number of fused-ring (bicyclic) bond motifs is 2. The summed E-state index contributed by atoms with van der Waals surface area (Å²) in [6.07, 6.45) is 1.67. The van der Waals surface area contributed by atoms with Gasteiger partial charge in [-0.2, -0.15) is 0 Å². The number of hydrogen-bond donors (Lipinski definition) is 0. The van der Waals surface area contributed by atoms with Gasteiger partial charge in [-0.05, 0) is 33.8 Å². The average molecular weight is 347 g/mol. The second-order valence-corrected chi connectivity index (χ2v) is 9.36. The third-order valence-electron chi connectivity index (χ3n) is 4.53. The molecular weight excluding hydrogens is 326 g/mol. The molecule has 6 nitrogen and oxygen atoms in total. The van der Waals surface area contributed by atoms with Gasteiger partial charge in [0, 0.05) is 18.7 Å². The highest BCUT2D eigenvalue weighted by molar-refractivity contribution is 8.02. The number of benzene rings is 1. The molecule has 24 heavy (non-hydrogen) atoms. The minimum Gasteiger partial charge on any atom is -0.345 e. The Hall–Kier alpha value is -2.02. The van der Waals surface area contributed by atoms with E-state index in [0.29, 0.717) is 12.1 Å². The third-order valence-corrected chi connectivity index (χ3v) is 5.96. The lowest BCUT2D eigenvalue weighted by Crippen LogP contribution is -2.61. The van der Waals surface area contributed by atoms with E-state index >= 15 is 0 Å². The monoisotopic (exact) mass is 347 g/mol. The number of nitro benzene ring substituents is 1. The number of carbonyl (C=O) groups is 1. The van der Waals surface area contributed by atoms with E-state index in [0.717, 1.165) is 5.69 Å². The van der Waals surface area contributed by atoms with E-state index in [2.05, 4.69) is 25.3 Å². The van der Waals surface area contributed by atoms with Gasteiger partial charge in [0.25, 0.3) is 11.6 Å². The maximum absolute atomic E-state index is 13.2. The minimum absolute atomic E-state index is 0.0666. The van der Waals surface area contributed by atoms with Gasteiger partial charge >= 0.3 is 0 Å². The van der Waals surface area contributed by atoms with Crippen LogP contribution in [-0.4, -0.2) is 38.1 Å². The molecule has 0 N–H and O–H groups in total. The predicted octanol–water partition coefficient (Wildman–Crippen LogP) is 3.63. The van der Waals surface area contributed by atoms with Crippen LogP contribution in [0.1, 0.15) is 38.1 Å². The number of carbonyl (C=O) groups excluding carboxylic acids is 1. The van der Waals surface area contributed by atoms with Gasteiger partial charge in [0.05, 0.1) is 25.8 Å². The first kappa shape index (κ1) is 16.8. The van der Waals surface area contributed by atoms with Crippen LogP contribution in [0.3, 0.4) is 0 Å². The Balaban J connectivity index is 2.23. The Kier molecular flexibility index (Phi) is 3.67. The molecule has 1 saturated heterocycles. The maximum atomic E-state index is 13.2. The van der Waals surface area contributed by atoms with Crippen LogP contribution in [0.4, 0.5) is 11.4 Å². The Morgan fingerprint density at radius 2 is 2.04 bits per heavy atom. The van der Waals surface area contributed by atoms with Crippen LogP contribution in [0.5, 0.6) is 0 Å². The Morgan fingerprint density at radius 1 is 1.38 bits per heavy atom. The fourth-order valence-electron chi connectivity index (χ4n) is 3.88. The summed E-state index contributed by atoms with van der Waals surface area (Å²) < 4.78 is -0.179. The highest BCUT2D eigenvalue weighted by atomic mass is 32.2. The van der Waals surface area contributed by atoms with Crippen LogP contribution < -0.4 is 4.90 Å². The van der Waals surface area contributed by atoms with Crippen molar-refractivity contribution in [3.8, 4) is 0 Å². The number of amides is 1. The van der Waals surface area contributed by atoms with Crippen molar-refractivity contribution in [1.29, 1.82) is 0 Å². The molecular formula is C17H21N3O3S. The molecule has 2 aliphatic rings.